The molecule has 0 unspecified atom stereocenters. The second-order valence-corrected chi connectivity index (χ2v) is 8.65. The lowest BCUT2D eigenvalue weighted by atomic mass is 10.3. The van der Waals surface area contributed by atoms with Gasteiger partial charge in [-0.25, -0.2) is 8.42 Å². The molecule has 0 aromatic heterocycles. The Bertz CT molecular complexity index is 858. The van der Waals surface area contributed by atoms with Crippen LogP contribution in [0.25, 0.3) is 0 Å². The van der Waals surface area contributed by atoms with Crippen LogP contribution >= 0.6 is 57.4 Å². The van der Waals surface area contributed by atoms with Crippen LogP contribution in [0.5, 0.6) is 0 Å². The van der Waals surface area contributed by atoms with Crippen molar-refractivity contribution in [3.63, 3.8) is 0 Å². The summed E-state index contributed by atoms with van der Waals surface area (Å²) in [7, 11) is -4.03. The zero-order valence-corrected chi connectivity index (χ0v) is 16.6. The van der Waals surface area contributed by atoms with Crippen LogP contribution in [0.3, 0.4) is 0 Å². The first-order valence-corrected chi connectivity index (χ1v) is 9.79. The zero-order chi connectivity index (χ0) is 17.2. The van der Waals surface area contributed by atoms with Crippen LogP contribution in [-0.2, 0) is 14.8 Å². The summed E-state index contributed by atoms with van der Waals surface area (Å²) in [5, 5.41) is -0.458. The summed E-state index contributed by atoms with van der Waals surface area (Å²) in [5.74, 6) is 0. The maximum atomic E-state index is 12.9. The molecule has 2 rings (SSSR count). The first-order chi connectivity index (χ1) is 10.7. The minimum Gasteiger partial charge on any atom is -0.279 e. The molecule has 2 aromatic carbocycles. The predicted octanol–water partition coefficient (Wildman–Crippen LogP) is 4.56. The number of para-hydroxylation sites is 1. The van der Waals surface area contributed by atoms with Gasteiger partial charge in [-0.2, -0.15) is 0 Å². The van der Waals surface area contributed by atoms with E-state index in [1.807, 2.05) is 22.6 Å². The minimum atomic E-state index is -4.03. The lowest BCUT2D eigenvalue weighted by Crippen LogP contribution is -2.35. The number of rotatable bonds is 5. The first kappa shape index (κ1) is 18.8. The van der Waals surface area contributed by atoms with Gasteiger partial charge >= 0.3 is 0 Å². The number of sulfonamides is 1. The molecule has 4 nitrogen and oxygen atoms in total. The summed E-state index contributed by atoms with van der Waals surface area (Å²) in [6, 6.07) is 10.7. The van der Waals surface area contributed by atoms with E-state index in [1.165, 1.54) is 18.2 Å². The highest BCUT2D eigenvalue weighted by atomic mass is 127. The number of anilines is 1. The lowest BCUT2D eigenvalue weighted by molar-refractivity contribution is -0.110. The molecule has 0 heterocycles. The molecule has 0 saturated heterocycles. The number of halogens is 4. The topological polar surface area (TPSA) is 54.5 Å². The quantitative estimate of drug-likeness (QED) is 0.443. The van der Waals surface area contributed by atoms with Crippen LogP contribution in [0.2, 0.25) is 10.0 Å². The van der Waals surface area contributed by atoms with Crippen molar-refractivity contribution in [2.45, 2.75) is 4.90 Å². The van der Waals surface area contributed by atoms with E-state index in [0.717, 1.165) is 4.31 Å². The van der Waals surface area contributed by atoms with E-state index in [0.29, 0.717) is 9.26 Å². The summed E-state index contributed by atoms with van der Waals surface area (Å²) < 4.78 is 27.4. The van der Waals surface area contributed by atoms with Crippen molar-refractivity contribution in [3.8, 4) is 0 Å². The third-order valence-corrected chi connectivity index (χ3v) is 6.39. The van der Waals surface area contributed by atoms with Crippen molar-refractivity contribution < 1.29 is 13.2 Å². The lowest BCUT2D eigenvalue weighted by Gasteiger charge is -2.24. The van der Waals surface area contributed by atoms with E-state index in [1.54, 1.807) is 24.3 Å². The van der Waals surface area contributed by atoms with E-state index in [9.17, 15) is 13.2 Å². The molecule has 0 atom stereocenters. The first-order valence-electron chi connectivity index (χ1n) is 6.14. The number of benzene rings is 2. The van der Waals surface area contributed by atoms with E-state index in [4.69, 9.17) is 34.8 Å². The van der Waals surface area contributed by atoms with Crippen molar-refractivity contribution >= 4 is 78.3 Å². The van der Waals surface area contributed by atoms with Crippen molar-refractivity contribution in [2.24, 2.45) is 0 Å². The number of hydrogen-bond donors (Lipinski definition) is 0. The zero-order valence-electron chi connectivity index (χ0n) is 11.3. The van der Waals surface area contributed by atoms with Gasteiger partial charge in [-0.15, -0.1) is 0 Å². The molecule has 0 radical (unpaired) electrons. The summed E-state index contributed by atoms with van der Waals surface area (Å²) >= 11 is 19.1. The fraction of sp³-hybridized carbons (Fsp3) is 0.0714. The Morgan fingerprint density at radius 1 is 1.09 bits per heavy atom. The fourth-order valence-electron chi connectivity index (χ4n) is 1.83. The predicted molar refractivity (Wildman–Crippen MR) is 101 cm³/mol. The van der Waals surface area contributed by atoms with Gasteiger partial charge in [-0.05, 0) is 64.5 Å². The standard InChI is InChI=1S/C14H9Cl3INO3S/c15-10-6-5-9(7-11(10)16)23(21,22)19(8-14(17)20)13-4-2-1-3-12(13)18/h1-7H,8H2. The molecule has 0 spiro atoms. The van der Waals surface area contributed by atoms with Crippen molar-refractivity contribution in [1.82, 2.24) is 0 Å². The van der Waals surface area contributed by atoms with Gasteiger partial charge in [0.2, 0.25) is 5.24 Å². The summed E-state index contributed by atoms with van der Waals surface area (Å²) in [6.07, 6.45) is 0. The third kappa shape index (κ3) is 4.30. The Hall–Kier alpha value is -0.540. The fourth-order valence-corrected chi connectivity index (χ4v) is 4.69. The molecule has 0 aliphatic carbocycles. The Morgan fingerprint density at radius 3 is 2.30 bits per heavy atom. The van der Waals surface area contributed by atoms with Crippen LogP contribution < -0.4 is 4.31 Å². The Balaban J connectivity index is 2.60. The smallest absolute Gasteiger partial charge is 0.264 e. The molecule has 0 N–H and O–H groups in total. The van der Waals surface area contributed by atoms with Crippen LogP contribution in [0.1, 0.15) is 0 Å². The molecular weight excluding hydrogens is 495 g/mol. The normalized spacial score (nSPS) is 11.3. The molecular formula is C14H9Cl3INO3S. The molecule has 0 aliphatic rings. The van der Waals surface area contributed by atoms with Gasteiger partial charge in [0.1, 0.15) is 6.54 Å². The van der Waals surface area contributed by atoms with E-state index in [2.05, 4.69) is 0 Å². The Morgan fingerprint density at radius 2 is 1.74 bits per heavy atom. The van der Waals surface area contributed by atoms with Crippen molar-refractivity contribution in [2.75, 3.05) is 10.8 Å². The van der Waals surface area contributed by atoms with Crippen LogP contribution in [0.15, 0.2) is 47.4 Å². The number of carbonyl (C=O) groups is 1. The van der Waals surface area contributed by atoms with Gasteiger partial charge in [0.05, 0.1) is 20.6 Å². The number of carbonyl (C=O) groups excluding carboxylic acids is 1. The largest absolute Gasteiger partial charge is 0.279 e. The van der Waals surface area contributed by atoms with Crippen molar-refractivity contribution in [3.05, 3.63) is 56.1 Å². The number of nitrogens with zero attached hydrogens (tertiary/aromatic N) is 1. The molecule has 0 aliphatic heterocycles. The van der Waals surface area contributed by atoms with Gasteiger partial charge in [-0.3, -0.25) is 9.10 Å². The van der Waals surface area contributed by atoms with Gasteiger partial charge in [0, 0.05) is 3.57 Å². The van der Waals surface area contributed by atoms with Gasteiger partial charge < -0.3 is 0 Å². The second-order valence-electron chi connectivity index (χ2n) is 4.39. The molecule has 0 saturated carbocycles. The Labute approximate surface area is 162 Å². The summed E-state index contributed by atoms with van der Waals surface area (Å²) in [5.41, 5.74) is 0.355. The Kier molecular flexibility index (Phi) is 6.18. The van der Waals surface area contributed by atoms with Gasteiger partial charge in [0.25, 0.3) is 10.0 Å². The SMILES string of the molecule is O=C(Cl)CN(c1ccccc1I)S(=O)(=O)c1ccc(Cl)c(Cl)c1. The molecule has 0 amide bonds. The van der Waals surface area contributed by atoms with E-state index in [-0.39, 0.29) is 14.9 Å². The minimum absolute atomic E-state index is 0.0792. The highest BCUT2D eigenvalue weighted by Gasteiger charge is 2.28. The van der Waals surface area contributed by atoms with Crippen LogP contribution in [0.4, 0.5) is 5.69 Å². The average Bonchev–Trinajstić information content (AvgIpc) is 2.48. The highest BCUT2D eigenvalue weighted by Crippen LogP contribution is 2.31. The third-order valence-electron chi connectivity index (χ3n) is 2.87. The molecule has 9 heteroatoms. The van der Waals surface area contributed by atoms with E-state index >= 15 is 0 Å². The van der Waals surface area contributed by atoms with Crippen molar-refractivity contribution in [1.29, 1.82) is 0 Å². The van der Waals surface area contributed by atoms with Crippen LogP contribution in [0, 0.1) is 3.57 Å². The summed E-state index contributed by atoms with van der Waals surface area (Å²) in [6.45, 7) is -0.496. The molecule has 2 aromatic rings. The molecule has 0 fully saturated rings. The second kappa shape index (κ2) is 7.57. The highest BCUT2D eigenvalue weighted by molar-refractivity contribution is 14.1. The molecule has 0 bridgehead atoms. The number of hydrogen-bond acceptors (Lipinski definition) is 3. The van der Waals surface area contributed by atoms with E-state index < -0.39 is 21.8 Å². The van der Waals surface area contributed by atoms with Crippen LogP contribution in [-0.4, -0.2) is 20.2 Å². The monoisotopic (exact) mass is 503 g/mol. The maximum absolute atomic E-state index is 12.9. The maximum Gasteiger partial charge on any atom is 0.264 e. The summed E-state index contributed by atoms with van der Waals surface area (Å²) in [4.78, 5) is 11.3. The van der Waals surface area contributed by atoms with Gasteiger partial charge in [0.15, 0.2) is 0 Å². The average molecular weight is 505 g/mol. The molecule has 23 heavy (non-hydrogen) atoms. The molecule has 122 valence electrons. The van der Waals surface area contributed by atoms with Gasteiger partial charge in [-0.1, -0.05) is 35.3 Å².